The third-order valence-electron chi connectivity index (χ3n) is 2.67. The summed E-state index contributed by atoms with van der Waals surface area (Å²) in [5, 5.41) is 10.5. The van der Waals surface area contributed by atoms with Crippen molar-refractivity contribution >= 4 is 5.69 Å². The Labute approximate surface area is 110 Å². The van der Waals surface area contributed by atoms with Crippen LogP contribution in [0.1, 0.15) is 18.5 Å². The Hall–Kier alpha value is -2.40. The molecule has 0 aliphatic rings. The highest BCUT2D eigenvalue weighted by Gasteiger charge is 2.06. The number of ether oxygens (including phenoxy) is 1. The largest absolute Gasteiger partial charge is 0.457 e. The van der Waals surface area contributed by atoms with E-state index in [9.17, 15) is 10.1 Å². The molecule has 0 fully saturated rings. The van der Waals surface area contributed by atoms with E-state index in [0.29, 0.717) is 11.5 Å². The SMILES string of the molecule is CC(N)c1cccc(Oc2ccc([N+](=O)[O-])cc2)c1. The molecule has 2 N–H and O–H groups in total. The van der Waals surface area contributed by atoms with E-state index < -0.39 is 4.92 Å². The van der Waals surface area contributed by atoms with Crippen LogP contribution in [0.5, 0.6) is 11.5 Å². The lowest BCUT2D eigenvalue weighted by atomic mass is 10.1. The van der Waals surface area contributed by atoms with E-state index in [1.165, 1.54) is 12.1 Å². The minimum absolute atomic E-state index is 0.0386. The van der Waals surface area contributed by atoms with E-state index in [4.69, 9.17) is 10.5 Å². The summed E-state index contributed by atoms with van der Waals surface area (Å²) in [6.07, 6.45) is 0. The number of nitro groups is 1. The van der Waals surface area contributed by atoms with Crippen LogP contribution >= 0.6 is 0 Å². The van der Waals surface area contributed by atoms with Crippen molar-refractivity contribution < 1.29 is 9.66 Å². The van der Waals surface area contributed by atoms with Crippen molar-refractivity contribution in [2.75, 3.05) is 0 Å². The van der Waals surface area contributed by atoms with Gasteiger partial charge in [0.15, 0.2) is 0 Å². The van der Waals surface area contributed by atoms with Crippen molar-refractivity contribution in [1.29, 1.82) is 0 Å². The fourth-order valence-corrected chi connectivity index (χ4v) is 1.63. The zero-order valence-electron chi connectivity index (χ0n) is 10.4. The summed E-state index contributed by atoms with van der Waals surface area (Å²) >= 11 is 0. The lowest BCUT2D eigenvalue weighted by Gasteiger charge is -2.09. The fourth-order valence-electron chi connectivity index (χ4n) is 1.63. The van der Waals surface area contributed by atoms with Gasteiger partial charge in [0.25, 0.3) is 5.69 Å². The van der Waals surface area contributed by atoms with Gasteiger partial charge in [-0.3, -0.25) is 10.1 Å². The summed E-state index contributed by atoms with van der Waals surface area (Å²) in [5.74, 6) is 1.20. The molecule has 2 aromatic carbocycles. The summed E-state index contributed by atoms with van der Waals surface area (Å²) in [5.41, 5.74) is 6.81. The summed E-state index contributed by atoms with van der Waals surface area (Å²) < 4.78 is 5.63. The molecule has 0 saturated carbocycles. The van der Waals surface area contributed by atoms with Crippen molar-refractivity contribution in [3.63, 3.8) is 0 Å². The molecule has 2 rings (SSSR count). The lowest BCUT2D eigenvalue weighted by Crippen LogP contribution is -2.04. The van der Waals surface area contributed by atoms with Gasteiger partial charge in [-0.25, -0.2) is 0 Å². The van der Waals surface area contributed by atoms with Gasteiger partial charge >= 0.3 is 0 Å². The molecule has 98 valence electrons. The van der Waals surface area contributed by atoms with E-state index in [1.54, 1.807) is 12.1 Å². The summed E-state index contributed by atoms with van der Waals surface area (Å²) in [6, 6.07) is 13.3. The number of nitrogens with zero attached hydrogens (tertiary/aromatic N) is 1. The van der Waals surface area contributed by atoms with Gasteiger partial charge in [-0.1, -0.05) is 12.1 Å². The Morgan fingerprint density at radius 2 is 1.84 bits per heavy atom. The second-order valence-electron chi connectivity index (χ2n) is 4.21. The van der Waals surface area contributed by atoms with Crippen LogP contribution in [-0.4, -0.2) is 4.92 Å². The molecule has 0 bridgehead atoms. The van der Waals surface area contributed by atoms with Gasteiger partial charge in [0.2, 0.25) is 0 Å². The standard InChI is InChI=1S/C14H14N2O3/c1-10(15)11-3-2-4-14(9-11)19-13-7-5-12(6-8-13)16(17)18/h2-10H,15H2,1H3. The molecule has 0 radical (unpaired) electrons. The molecule has 0 heterocycles. The minimum atomic E-state index is -0.444. The third kappa shape index (κ3) is 3.29. The summed E-state index contributed by atoms with van der Waals surface area (Å²) in [7, 11) is 0. The first-order valence-corrected chi connectivity index (χ1v) is 5.84. The molecule has 0 aliphatic carbocycles. The van der Waals surface area contributed by atoms with Crippen LogP contribution in [0.4, 0.5) is 5.69 Å². The molecule has 0 spiro atoms. The average molecular weight is 258 g/mol. The molecule has 0 aliphatic heterocycles. The van der Waals surface area contributed by atoms with E-state index >= 15 is 0 Å². The summed E-state index contributed by atoms with van der Waals surface area (Å²) in [6.45, 7) is 1.89. The highest BCUT2D eigenvalue weighted by atomic mass is 16.6. The van der Waals surface area contributed by atoms with E-state index in [-0.39, 0.29) is 11.7 Å². The normalized spacial score (nSPS) is 11.9. The van der Waals surface area contributed by atoms with Crippen LogP contribution in [0.3, 0.4) is 0 Å². The maximum absolute atomic E-state index is 10.5. The first kappa shape index (κ1) is 13.0. The zero-order valence-corrected chi connectivity index (χ0v) is 10.4. The monoisotopic (exact) mass is 258 g/mol. The first-order chi connectivity index (χ1) is 9.06. The van der Waals surface area contributed by atoms with Crippen LogP contribution in [-0.2, 0) is 0 Å². The molecule has 5 heteroatoms. The second-order valence-corrected chi connectivity index (χ2v) is 4.21. The van der Waals surface area contributed by atoms with Crippen LogP contribution in [0, 0.1) is 10.1 Å². The quantitative estimate of drug-likeness (QED) is 0.673. The Kier molecular flexibility index (Phi) is 3.77. The van der Waals surface area contributed by atoms with E-state index in [2.05, 4.69) is 0 Å². The highest BCUT2D eigenvalue weighted by molar-refractivity contribution is 5.39. The Morgan fingerprint density at radius 3 is 2.42 bits per heavy atom. The van der Waals surface area contributed by atoms with Gasteiger partial charge in [-0.05, 0) is 36.8 Å². The van der Waals surface area contributed by atoms with Gasteiger partial charge in [-0.2, -0.15) is 0 Å². The zero-order chi connectivity index (χ0) is 13.8. The molecular weight excluding hydrogens is 244 g/mol. The minimum Gasteiger partial charge on any atom is -0.457 e. The molecule has 5 nitrogen and oxygen atoms in total. The molecule has 0 saturated heterocycles. The Bertz CT molecular complexity index is 579. The highest BCUT2D eigenvalue weighted by Crippen LogP contribution is 2.25. The molecule has 1 atom stereocenters. The molecule has 0 aromatic heterocycles. The van der Waals surface area contributed by atoms with Crippen molar-refractivity contribution in [1.82, 2.24) is 0 Å². The maximum Gasteiger partial charge on any atom is 0.269 e. The van der Waals surface area contributed by atoms with Crippen molar-refractivity contribution in [3.8, 4) is 11.5 Å². The second kappa shape index (κ2) is 5.49. The van der Waals surface area contributed by atoms with Gasteiger partial charge < -0.3 is 10.5 Å². The van der Waals surface area contributed by atoms with Crippen molar-refractivity contribution in [2.24, 2.45) is 5.73 Å². The average Bonchev–Trinajstić information content (AvgIpc) is 2.39. The number of nitro benzene ring substituents is 1. The molecule has 2 aromatic rings. The van der Waals surface area contributed by atoms with Gasteiger partial charge in [0.05, 0.1) is 4.92 Å². The Morgan fingerprint density at radius 1 is 1.16 bits per heavy atom. The lowest BCUT2D eigenvalue weighted by molar-refractivity contribution is -0.384. The van der Waals surface area contributed by atoms with Gasteiger partial charge in [0, 0.05) is 18.2 Å². The number of hydrogen-bond acceptors (Lipinski definition) is 4. The van der Waals surface area contributed by atoms with Crippen LogP contribution < -0.4 is 10.5 Å². The summed E-state index contributed by atoms with van der Waals surface area (Å²) in [4.78, 5) is 10.1. The van der Waals surface area contributed by atoms with Crippen LogP contribution in [0.15, 0.2) is 48.5 Å². The predicted octanol–water partition coefficient (Wildman–Crippen LogP) is 3.41. The van der Waals surface area contributed by atoms with Crippen LogP contribution in [0.25, 0.3) is 0 Å². The maximum atomic E-state index is 10.5. The number of nitrogens with two attached hydrogens (primary N) is 1. The number of benzene rings is 2. The third-order valence-corrected chi connectivity index (χ3v) is 2.67. The predicted molar refractivity (Wildman–Crippen MR) is 72.2 cm³/mol. The van der Waals surface area contributed by atoms with Gasteiger partial charge in [-0.15, -0.1) is 0 Å². The van der Waals surface area contributed by atoms with Crippen molar-refractivity contribution in [3.05, 3.63) is 64.2 Å². The van der Waals surface area contributed by atoms with Crippen molar-refractivity contribution in [2.45, 2.75) is 13.0 Å². The molecule has 1 unspecified atom stereocenters. The fraction of sp³-hybridized carbons (Fsp3) is 0.143. The van der Waals surface area contributed by atoms with E-state index in [1.807, 2.05) is 31.2 Å². The molecular formula is C14H14N2O3. The van der Waals surface area contributed by atoms with E-state index in [0.717, 1.165) is 5.56 Å². The number of non-ortho nitro benzene ring substituents is 1. The van der Waals surface area contributed by atoms with Gasteiger partial charge in [0.1, 0.15) is 11.5 Å². The molecule has 19 heavy (non-hydrogen) atoms. The topological polar surface area (TPSA) is 78.4 Å². The smallest absolute Gasteiger partial charge is 0.269 e. The van der Waals surface area contributed by atoms with Crippen LogP contribution in [0.2, 0.25) is 0 Å². The first-order valence-electron chi connectivity index (χ1n) is 5.84. The number of rotatable bonds is 4. The molecule has 0 amide bonds. The number of hydrogen-bond donors (Lipinski definition) is 1. The Balaban J connectivity index is 2.16.